The first-order valence-electron chi connectivity index (χ1n) is 10.8. The van der Waals surface area contributed by atoms with Crippen LogP contribution in [0.15, 0.2) is 47.3 Å². The molecule has 1 aliphatic rings. The molecule has 3 heterocycles. The van der Waals surface area contributed by atoms with Gasteiger partial charge in [0, 0.05) is 0 Å². The molecule has 9 heteroatoms. The third-order valence-electron chi connectivity index (χ3n) is 5.24. The molecule has 1 aliphatic heterocycles. The lowest BCUT2D eigenvalue weighted by atomic mass is 10.2. The topological polar surface area (TPSA) is 84.2 Å². The first-order valence-corrected chi connectivity index (χ1v) is 11.6. The van der Waals surface area contributed by atoms with Gasteiger partial charge in [-0.15, -0.1) is 5.10 Å². The van der Waals surface area contributed by atoms with E-state index in [2.05, 4.69) is 17.0 Å². The van der Waals surface area contributed by atoms with E-state index in [-0.39, 0.29) is 12.2 Å². The summed E-state index contributed by atoms with van der Waals surface area (Å²) in [6.07, 6.45) is 3.37. The van der Waals surface area contributed by atoms with Crippen LogP contribution in [0.3, 0.4) is 0 Å². The van der Waals surface area contributed by atoms with Crippen LogP contribution in [0.5, 0.6) is 23.0 Å². The highest BCUT2D eigenvalue weighted by Gasteiger charge is 2.27. The monoisotopic (exact) mass is 465 g/mol. The van der Waals surface area contributed by atoms with E-state index >= 15 is 0 Å². The lowest BCUT2D eigenvalue weighted by Crippen LogP contribution is -2.26. The summed E-state index contributed by atoms with van der Waals surface area (Å²) in [5.74, 6) is 3.07. The van der Waals surface area contributed by atoms with E-state index in [4.69, 9.17) is 18.9 Å². The van der Waals surface area contributed by atoms with Gasteiger partial charge in [0.2, 0.25) is 4.96 Å². The molecule has 0 saturated heterocycles. The minimum Gasteiger partial charge on any atom is -0.493 e. The predicted molar refractivity (Wildman–Crippen MR) is 125 cm³/mol. The highest BCUT2D eigenvalue weighted by molar-refractivity contribution is 7.15. The van der Waals surface area contributed by atoms with Crippen molar-refractivity contribution in [2.75, 3.05) is 20.3 Å². The van der Waals surface area contributed by atoms with Crippen LogP contribution in [0.4, 0.5) is 0 Å². The standard InChI is InChI=1S/C24H23N3O5S/c1-3-4-11-30-17-10-9-15(12-19(17)29-2)13-21-23(28)27-24(33-21)25-22(26-27)20-14-31-16-7-5-6-8-18(16)32-20/h5-10,12-13,20H,3-4,11,14H2,1-2H3/b21-13-/t20-/m0/s1. The van der Waals surface area contributed by atoms with E-state index in [1.165, 1.54) is 15.9 Å². The van der Waals surface area contributed by atoms with Crippen molar-refractivity contribution in [3.05, 3.63) is 68.7 Å². The Kier molecular flexibility index (Phi) is 5.87. The summed E-state index contributed by atoms with van der Waals surface area (Å²) in [6.45, 7) is 3.04. The number of para-hydroxylation sites is 2. The summed E-state index contributed by atoms with van der Waals surface area (Å²) in [5.41, 5.74) is 0.602. The zero-order chi connectivity index (χ0) is 22.8. The molecule has 0 aliphatic carbocycles. The molecular formula is C24H23N3O5S. The molecule has 2 aromatic heterocycles. The third-order valence-corrected chi connectivity index (χ3v) is 6.19. The lowest BCUT2D eigenvalue weighted by Gasteiger charge is -2.24. The molecule has 0 fully saturated rings. The van der Waals surface area contributed by atoms with E-state index < -0.39 is 6.10 Å². The minimum absolute atomic E-state index is 0.229. The van der Waals surface area contributed by atoms with E-state index in [9.17, 15) is 4.79 Å². The maximum absolute atomic E-state index is 12.9. The number of methoxy groups -OCH3 is 1. The van der Waals surface area contributed by atoms with E-state index in [1.54, 1.807) is 13.2 Å². The van der Waals surface area contributed by atoms with Crippen molar-refractivity contribution in [2.24, 2.45) is 0 Å². The van der Waals surface area contributed by atoms with Crippen LogP contribution in [0.1, 0.15) is 37.3 Å². The number of thiazole rings is 1. The maximum Gasteiger partial charge on any atom is 0.291 e. The van der Waals surface area contributed by atoms with Crippen LogP contribution in [0.25, 0.3) is 11.0 Å². The second-order valence-corrected chi connectivity index (χ2v) is 8.57. The molecule has 33 heavy (non-hydrogen) atoms. The molecular weight excluding hydrogens is 442 g/mol. The second kappa shape index (κ2) is 9.11. The van der Waals surface area contributed by atoms with Crippen LogP contribution in [-0.2, 0) is 0 Å². The average Bonchev–Trinajstić information content (AvgIpc) is 3.39. The van der Waals surface area contributed by atoms with Gasteiger partial charge in [0.15, 0.2) is 34.9 Å². The molecule has 0 amide bonds. The Bertz CT molecular complexity index is 1400. The van der Waals surface area contributed by atoms with Crippen LogP contribution < -0.4 is 29.0 Å². The molecule has 4 aromatic rings. The predicted octanol–water partition coefficient (Wildman–Crippen LogP) is 3.40. The molecule has 0 saturated carbocycles. The Morgan fingerprint density at radius 2 is 2.06 bits per heavy atom. The average molecular weight is 466 g/mol. The van der Waals surface area contributed by atoms with Gasteiger partial charge >= 0.3 is 0 Å². The number of hydrogen-bond acceptors (Lipinski definition) is 8. The quantitative estimate of drug-likeness (QED) is 0.387. The highest BCUT2D eigenvalue weighted by Crippen LogP contribution is 2.35. The number of rotatable bonds is 7. The second-order valence-electron chi connectivity index (χ2n) is 7.56. The largest absolute Gasteiger partial charge is 0.493 e. The molecule has 0 bridgehead atoms. The molecule has 5 rings (SSSR count). The van der Waals surface area contributed by atoms with Gasteiger partial charge in [-0.25, -0.2) is 0 Å². The first kappa shape index (κ1) is 21.3. The van der Waals surface area contributed by atoms with Crippen molar-refractivity contribution < 1.29 is 18.9 Å². The van der Waals surface area contributed by atoms with Crippen LogP contribution in [-0.4, -0.2) is 34.9 Å². The molecule has 0 unspecified atom stereocenters. The maximum atomic E-state index is 12.9. The molecule has 170 valence electrons. The number of ether oxygens (including phenoxy) is 4. The Hall–Kier alpha value is -3.59. The number of unbranched alkanes of at least 4 members (excludes halogenated alkanes) is 1. The van der Waals surface area contributed by atoms with E-state index in [0.717, 1.165) is 18.4 Å². The van der Waals surface area contributed by atoms with Crippen molar-refractivity contribution in [1.29, 1.82) is 0 Å². The van der Waals surface area contributed by atoms with Gasteiger partial charge in [0.25, 0.3) is 5.56 Å². The van der Waals surface area contributed by atoms with Crippen molar-refractivity contribution >= 4 is 22.4 Å². The Morgan fingerprint density at radius 3 is 2.85 bits per heavy atom. The SMILES string of the molecule is CCCCOc1ccc(/C=c2\sc3nc([C@@H]4COc5ccccc5O4)nn3c2=O)cc1OC. The van der Waals surface area contributed by atoms with E-state index in [1.807, 2.05) is 42.5 Å². The third kappa shape index (κ3) is 4.23. The fourth-order valence-electron chi connectivity index (χ4n) is 3.50. The number of fused-ring (bicyclic) bond motifs is 2. The molecule has 0 N–H and O–H groups in total. The van der Waals surface area contributed by atoms with Gasteiger partial charge in [-0.1, -0.05) is 42.9 Å². The van der Waals surface area contributed by atoms with Crippen LogP contribution in [0.2, 0.25) is 0 Å². The van der Waals surface area contributed by atoms with Crippen LogP contribution >= 0.6 is 11.3 Å². The smallest absolute Gasteiger partial charge is 0.291 e. The number of aromatic nitrogens is 3. The fourth-order valence-corrected chi connectivity index (χ4v) is 4.42. The summed E-state index contributed by atoms with van der Waals surface area (Å²) >= 11 is 1.28. The first-order chi connectivity index (χ1) is 16.2. The molecule has 2 aromatic carbocycles. The molecule has 0 spiro atoms. The van der Waals surface area contributed by atoms with Gasteiger partial charge in [-0.05, 0) is 42.3 Å². The summed E-state index contributed by atoms with van der Waals surface area (Å²) in [6, 6.07) is 13.1. The minimum atomic E-state index is -0.469. The number of nitrogens with zero attached hydrogens (tertiary/aromatic N) is 3. The normalized spacial score (nSPS) is 15.7. The fraction of sp³-hybridized carbons (Fsp3) is 0.292. The van der Waals surface area contributed by atoms with Crippen molar-refractivity contribution in [2.45, 2.75) is 25.9 Å². The van der Waals surface area contributed by atoms with E-state index in [0.29, 0.717) is 44.9 Å². The van der Waals surface area contributed by atoms with Gasteiger partial charge in [-0.3, -0.25) is 4.79 Å². The number of benzene rings is 2. The Balaban J connectivity index is 1.41. The zero-order valence-electron chi connectivity index (χ0n) is 18.3. The van der Waals surface area contributed by atoms with Gasteiger partial charge in [0.05, 0.1) is 18.2 Å². The van der Waals surface area contributed by atoms with Gasteiger partial charge < -0.3 is 18.9 Å². The molecule has 8 nitrogen and oxygen atoms in total. The Morgan fingerprint density at radius 1 is 1.21 bits per heavy atom. The summed E-state index contributed by atoms with van der Waals surface area (Å²) in [5, 5.41) is 4.39. The zero-order valence-corrected chi connectivity index (χ0v) is 19.1. The Labute approximate surface area is 194 Å². The van der Waals surface area contributed by atoms with Crippen molar-refractivity contribution in [1.82, 2.24) is 14.6 Å². The van der Waals surface area contributed by atoms with Crippen molar-refractivity contribution in [3.63, 3.8) is 0 Å². The summed E-state index contributed by atoms with van der Waals surface area (Å²) in [7, 11) is 1.60. The van der Waals surface area contributed by atoms with Crippen molar-refractivity contribution in [3.8, 4) is 23.0 Å². The lowest BCUT2D eigenvalue weighted by molar-refractivity contribution is 0.0852. The highest BCUT2D eigenvalue weighted by atomic mass is 32.1. The van der Waals surface area contributed by atoms with Gasteiger partial charge in [-0.2, -0.15) is 9.50 Å². The number of hydrogen-bond donors (Lipinski definition) is 0. The molecule has 1 atom stereocenters. The van der Waals surface area contributed by atoms with Gasteiger partial charge in [0.1, 0.15) is 6.61 Å². The van der Waals surface area contributed by atoms with Crippen LogP contribution in [0, 0.1) is 0 Å². The summed E-state index contributed by atoms with van der Waals surface area (Å²) < 4.78 is 24.8. The summed E-state index contributed by atoms with van der Waals surface area (Å²) in [4.78, 5) is 18.0. The molecule has 0 radical (unpaired) electrons.